The van der Waals surface area contributed by atoms with Gasteiger partial charge in [0, 0.05) is 23.8 Å². The zero-order chi connectivity index (χ0) is 17.8. The molecular formula is C19H31N3O2S. The van der Waals surface area contributed by atoms with Crippen molar-refractivity contribution in [3.8, 4) is 0 Å². The Morgan fingerprint density at radius 3 is 2.64 bits per heavy atom. The first-order valence-electron chi connectivity index (χ1n) is 9.82. The van der Waals surface area contributed by atoms with Gasteiger partial charge in [0.05, 0.1) is 23.2 Å². The van der Waals surface area contributed by atoms with E-state index >= 15 is 0 Å². The van der Waals surface area contributed by atoms with Crippen molar-refractivity contribution in [1.29, 1.82) is 0 Å². The number of nitrogens with one attached hydrogen (secondary N) is 1. The maximum atomic E-state index is 11.8. The lowest BCUT2D eigenvalue weighted by atomic mass is 9.84. The first kappa shape index (κ1) is 17.5. The number of aryl methyl sites for hydroxylation is 1. The van der Waals surface area contributed by atoms with Gasteiger partial charge in [-0.25, -0.2) is 8.42 Å². The summed E-state index contributed by atoms with van der Waals surface area (Å²) in [5, 5.41) is 8.44. The van der Waals surface area contributed by atoms with Gasteiger partial charge in [-0.05, 0) is 64.2 Å². The molecule has 1 aromatic heterocycles. The molecule has 1 saturated heterocycles. The molecule has 2 heterocycles. The van der Waals surface area contributed by atoms with Crippen LogP contribution in [0, 0.1) is 31.6 Å². The summed E-state index contributed by atoms with van der Waals surface area (Å²) in [6.07, 6.45) is 6.41. The molecule has 5 atom stereocenters. The van der Waals surface area contributed by atoms with Crippen LogP contribution in [0.1, 0.15) is 62.0 Å². The Morgan fingerprint density at radius 1 is 1.24 bits per heavy atom. The molecule has 0 spiro atoms. The zero-order valence-corrected chi connectivity index (χ0v) is 16.5. The lowest BCUT2D eigenvalue weighted by Crippen LogP contribution is -2.36. The minimum atomic E-state index is -2.88. The Balaban J connectivity index is 1.43. The van der Waals surface area contributed by atoms with E-state index in [9.17, 15) is 8.42 Å². The first-order chi connectivity index (χ1) is 11.8. The predicted octanol–water partition coefficient (Wildman–Crippen LogP) is 2.77. The topological polar surface area (TPSA) is 64.0 Å². The first-order valence-corrected chi connectivity index (χ1v) is 11.6. The lowest BCUT2D eigenvalue weighted by molar-refractivity contribution is 0.259. The standard InChI is InChI=1S/C19H31N3O2S/c1-12(18-9-15-4-5-16(18)8-15)20-10-19-13(2)21-22(14(19)3)17-6-7-25(23,24)11-17/h12,15-18,20H,4-11H2,1-3H3. The number of sulfone groups is 1. The van der Waals surface area contributed by atoms with Crippen molar-refractivity contribution in [2.45, 2.75) is 71.5 Å². The largest absolute Gasteiger partial charge is 0.310 e. The third-order valence-corrected chi connectivity index (χ3v) is 8.82. The van der Waals surface area contributed by atoms with E-state index in [0.717, 1.165) is 35.7 Å². The Morgan fingerprint density at radius 2 is 2.04 bits per heavy atom. The van der Waals surface area contributed by atoms with E-state index in [1.165, 1.54) is 31.2 Å². The van der Waals surface area contributed by atoms with Gasteiger partial charge in [-0.1, -0.05) is 6.42 Å². The van der Waals surface area contributed by atoms with Gasteiger partial charge < -0.3 is 5.32 Å². The van der Waals surface area contributed by atoms with Gasteiger partial charge in [-0.15, -0.1) is 0 Å². The molecule has 5 nitrogen and oxygen atoms in total. The number of aromatic nitrogens is 2. The average molecular weight is 366 g/mol. The molecule has 2 saturated carbocycles. The normalized spacial score (nSPS) is 34.7. The van der Waals surface area contributed by atoms with Crippen molar-refractivity contribution >= 4 is 9.84 Å². The molecule has 4 rings (SSSR count). The summed E-state index contributed by atoms with van der Waals surface area (Å²) in [6, 6.07) is 0.560. The van der Waals surface area contributed by atoms with Crippen LogP contribution in [0.25, 0.3) is 0 Å². The zero-order valence-electron chi connectivity index (χ0n) is 15.7. The molecule has 1 aliphatic heterocycles. The minimum Gasteiger partial charge on any atom is -0.310 e. The second-order valence-electron chi connectivity index (χ2n) is 8.66. The molecule has 3 fully saturated rings. The highest BCUT2D eigenvalue weighted by atomic mass is 32.2. The van der Waals surface area contributed by atoms with Crippen LogP contribution in [0.5, 0.6) is 0 Å². The number of hydrogen-bond donors (Lipinski definition) is 1. The molecule has 0 amide bonds. The Kier molecular flexibility index (Phi) is 4.47. The van der Waals surface area contributed by atoms with E-state index in [1.54, 1.807) is 0 Å². The monoisotopic (exact) mass is 365 g/mol. The van der Waals surface area contributed by atoms with Crippen molar-refractivity contribution in [3.63, 3.8) is 0 Å². The highest BCUT2D eigenvalue weighted by molar-refractivity contribution is 7.91. The maximum absolute atomic E-state index is 11.8. The number of nitrogens with zero attached hydrogens (tertiary/aromatic N) is 2. The van der Waals surface area contributed by atoms with Gasteiger partial charge in [0.1, 0.15) is 0 Å². The van der Waals surface area contributed by atoms with Gasteiger partial charge in [-0.3, -0.25) is 4.68 Å². The molecule has 1 N–H and O–H groups in total. The van der Waals surface area contributed by atoms with E-state index in [-0.39, 0.29) is 11.8 Å². The van der Waals surface area contributed by atoms with Crippen molar-refractivity contribution in [3.05, 3.63) is 17.0 Å². The minimum absolute atomic E-state index is 0.0143. The highest BCUT2D eigenvalue weighted by Crippen LogP contribution is 2.49. The summed E-state index contributed by atoms with van der Waals surface area (Å²) in [5.74, 6) is 3.28. The molecule has 5 unspecified atom stereocenters. The summed E-state index contributed by atoms with van der Waals surface area (Å²) >= 11 is 0. The van der Waals surface area contributed by atoms with Crippen molar-refractivity contribution < 1.29 is 8.42 Å². The third-order valence-electron chi connectivity index (χ3n) is 7.06. The SMILES string of the molecule is Cc1nn(C2CCS(=O)(=O)C2)c(C)c1CNC(C)C1CC2CCC1C2. The molecule has 140 valence electrons. The van der Waals surface area contributed by atoms with E-state index < -0.39 is 9.84 Å². The van der Waals surface area contributed by atoms with Gasteiger partial charge in [0.15, 0.2) is 9.84 Å². The third kappa shape index (κ3) is 3.27. The van der Waals surface area contributed by atoms with E-state index in [4.69, 9.17) is 0 Å². The predicted molar refractivity (Wildman–Crippen MR) is 99.2 cm³/mol. The van der Waals surface area contributed by atoms with E-state index in [0.29, 0.717) is 18.2 Å². The molecule has 1 aromatic rings. The van der Waals surface area contributed by atoms with Gasteiger partial charge >= 0.3 is 0 Å². The van der Waals surface area contributed by atoms with Crippen LogP contribution in [-0.4, -0.2) is 35.7 Å². The molecule has 0 radical (unpaired) electrons. The summed E-state index contributed by atoms with van der Waals surface area (Å²) in [7, 11) is -2.88. The fourth-order valence-electron chi connectivity index (χ4n) is 5.60. The molecule has 2 aliphatic carbocycles. The maximum Gasteiger partial charge on any atom is 0.152 e. The number of rotatable bonds is 5. The van der Waals surface area contributed by atoms with Crippen molar-refractivity contribution in [1.82, 2.24) is 15.1 Å². The number of fused-ring (bicyclic) bond motifs is 2. The summed E-state index contributed by atoms with van der Waals surface area (Å²) in [6.45, 7) is 7.31. The van der Waals surface area contributed by atoms with Gasteiger partial charge in [-0.2, -0.15) is 5.10 Å². The summed E-state index contributed by atoms with van der Waals surface area (Å²) in [4.78, 5) is 0. The number of hydrogen-bond acceptors (Lipinski definition) is 4. The summed E-state index contributed by atoms with van der Waals surface area (Å²) in [5.41, 5.74) is 3.42. The second kappa shape index (κ2) is 6.38. The Labute approximate surface area is 151 Å². The fraction of sp³-hybridized carbons (Fsp3) is 0.842. The van der Waals surface area contributed by atoms with E-state index in [1.807, 2.05) is 11.6 Å². The molecule has 2 bridgehead atoms. The average Bonchev–Trinajstić information content (AvgIpc) is 3.30. The van der Waals surface area contributed by atoms with Crippen LogP contribution < -0.4 is 5.32 Å². The molecule has 0 aromatic carbocycles. The van der Waals surface area contributed by atoms with Crippen LogP contribution in [0.3, 0.4) is 0 Å². The van der Waals surface area contributed by atoms with Crippen LogP contribution in [0.15, 0.2) is 0 Å². The van der Waals surface area contributed by atoms with Crippen molar-refractivity contribution in [2.24, 2.45) is 17.8 Å². The Hall–Kier alpha value is -0.880. The molecule has 3 aliphatic rings. The van der Waals surface area contributed by atoms with Crippen LogP contribution in [-0.2, 0) is 16.4 Å². The quantitative estimate of drug-likeness (QED) is 0.871. The van der Waals surface area contributed by atoms with Crippen LogP contribution in [0.4, 0.5) is 0 Å². The van der Waals surface area contributed by atoms with E-state index in [2.05, 4.69) is 24.3 Å². The summed E-state index contributed by atoms with van der Waals surface area (Å²) < 4.78 is 25.5. The molecule has 6 heteroatoms. The van der Waals surface area contributed by atoms with Crippen LogP contribution in [0.2, 0.25) is 0 Å². The van der Waals surface area contributed by atoms with Crippen molar-refractivity contribution in [2.75, 3.05) is 11.5 Å². The smallest absolute Gasteiger partial charge is 0.152 e. The van der Waals surface area contributed by atoms with Gasteiger partial charge in [0.25, 0.3) is 0 Å². The molecular weight excluding hydrogens is 334 g/mol. The lowest BCUT2D eigenvalue weighted by Gasteiger charge is -2.28. The second-order valence-corrected chi connectivity index (χ2v) is 10.9. The molecule has 25 heavy (non-hydrogen) atoms. The fourth-order valence-corrected chi connectivity index (χ4v) is 7.29. The van der Waals surface area contributed by atoms with Gasteiger partial charge in [0.2, 0.25) is 0 Å². The highest BCUT2D eigenvalue weighted by Gasteiger charge is 2.41. The Bertz CT molecular complexity index is 755. The van der Waals surface area contributed by atoms with Crippen LogP contribution >= 0.6 is 0 Å².